The minimum Gasteiger partial charge on any atom is -0.496 e. The molecule has 6 heteroatoms. The van der Waals surface area contributed by atoms with Crippen LogP contribution in [0.2, 0.25) is 0 Å². The number of carbonyl (C=O) groups is 1. The molecule has 0 bridgehead atoms. The zero-order chi connectivity index (χ0) is 22.5. The largest absolute Gasteiger partial charge is 0.496 e. The first-order valence-electron chi connectivity index (χ1n) is 11.1. The normalized spacial score (nSPS) is 14.4. The number of piperidine rings is 1. The van der Waals surface area contributed by atoms with E-state index in [1.54, 1.807) is 17.9 Å². The van der Waals surface area contributed by atoms with Gasteiger partial charge in [0.1, 0.15) is 5.75 Å². The Morgan fingerprint density at radius 2 is 1.75 bits per heavy atom. The molecule has 2 aromatic carbocycles. The van der Waals surface area contributed by atoms with Crippen LogP contribution >= 0.6 is 0 Å². The lowest BCUT2D eigenvalue weighted by atomic mass is 9.96. The van der Waals surface area contributed by atoms with Gasteiger partial charge in [0.25, 0.3) is 5.56 Å². The Kier molecular flexibility index (Phi) is 6.69. The molecule has 0 unspecified atom stereocenters. The van der Waals surface area contributed by atoms with E-state index in [0.29, 0.717) is 32.0 Å². The van der Waals surface area contributed by atoms with Crippen LogP contribution in [-0.2, 0) is 17.8 Å². The van der Waals surface area contributed by atoms with Crippen LogP contribution in [0, 0.1) is 12.8 Å². The van der Waals surface area contributed by atoms with E-state index in [1.165, 1.54) is 0 Å². The van der Waals surface area contributed by atoms with E-state index >= 15 is 0 Å². The van der Waals surface area contributed by atoms with Crippen LogP contribution in [0.1, 0.15) is 24.0 Å². The lowest BCUT2D eigenvalue weighted by Crippen LogP contribution is -2.41. The number of carbonyl (C=O) groups excluding carboxylic acids is 1. The van der Waals surface area contributed by atoms with E-state index in [1.807, 2.05) is 66.4 Å². The number of benzene rings is 2. The molecule has 1 fully saturated rings. The van der Waals surface area contributed by atoms with Gasteiger partial charge in [0.15, 0.2) is 0 Å². The Morgan fingerprint density at radius 1 is 1.06 bits per heavy atom. The zero-order valence-corrected chi connectivity index (χ0v) is 18.7. The molecule has 1 aliphatic rings. The summed E-state index contributed by atoms with van der Waals surface area (Å²) in [5, 5.41) is 4.67. The maximum Gasteiger partial charge on any atom is 0.267 e. The van der Waals surface area contributed by atoms with E-state index in [0.717, 1.165) is 41.0 Å². The molecule has 4 rings (SSSR count). The highest BCUT2D eigenvalue weighted by Gasteiger charge is 2.24. The van der Waals surface area contributed by atoms with Crippen LogP contribution in [0.15, 0.2) is 65.5 Å². The maximum atomic E-state index is 12.8. The average molecular weight is 432 g/mol. The molecule has 6 nitrogen and oxygen atoms in total. The molecule has 1 aliphatic heterocycles. The second-order valence-corrected chi connectivity index (χ2v) is 8.38. The smallest absolute Gasteiger partial charge is 0.267 e. The number of para-hydroxylation sites is 1. The Balaban J connectivity index is 1.39. The Bertz CT molecular complexity index is 1130. The molecular weight excluding hydrogens is 402 g/mol. The van der Waals surface area contributed by atoms with Gasteiger partial charge >= 0.3 is 0 Å². The Morgan fingerprint density at radius 3 is 2.47 bits per heavy atom. The van der Waals surface area contributed by atoms with Gasteiger partial charge in [-0.3, -0.25) is 9.59 Å². The topological polar surface area (TPSA) is 64.4 Å². The van der Waals surface area contributed by atoms with Gasteiger partial charge in [0.2, 0.25) is 5.91 Å². The lowest BCUT2D eigenvalue weighted by Gasteiger charge is -2.32. The van der Waals surface area contributed by atoms with Crippen LogP contribution in [0.25, 0.3) is 11.3 Å². The summed E-state index contributed by atoms with van der Waals surface area (Å²) in [5.74, 6) is 1.18. The summed E-state index contributed by atoms with van der Waals surface area (Å²) in [5.41, 5.74) is 3.57. The number of likely N-dealkylation sites (tertiary alicyclic amines) is 1. The highest BCUT2D eigenvalue weighted by molar-refractivity contribution is 5.79. The van der Waals surface area contributed by atoms with Crippen molar-refractivity contribution >= 4 is 5.91 Å². The molecule has 1 aromatic heterocycles. The molecule has 166 valence electrons. The van der Waals surface area contributed by atoms with Crippen molar-refractivity contribution in [3.63, 3.8) is 0 Å². The van der Waals surface area contributed by atoms with Gasteiger partial charge in [-0.05, 0) is 37.3 Å². The molecule has 0 saturated carbocycles. The van der Waals surface area contributed by atoms with E-state index in [-0.39, 0.29) is 11.5 Å². The number of ether oxygens (including phenoxy) is 1. The van der Waals surface area contributed by atoms with Gasteiger partial charge < -0.3 is 9.64 Å². The monoisotopic (exact) mass is 431 g/mol. The summed E-state index contributed by atoms with van der Waals surface area (Å²) < 4.78 is 6.96. The van der Waals surface area contributed by atoms with Crippen molar-refractivity contribution in [3.8, 4) is 17.0 Å². The number of amides is 1. The summed E-state index contributed by atoms with van der Waals surface area (Å²) in [6.07, 6.45) is 2.06. The van der Waals surface area contributed by atoms with E-state index < -0.39 is 0 Å². The summed E-state index contributed by atoms with van der Waals surface area (Å²) in [4.78, 5) is 27.3. The zero-order valence-electron chi connectivity index (χ0n) is 18.7. The third-order valence-corrected chi connectivity index (χ3v) is 6.17. The number of hydrogen-bond acceptors (Lipinski definition) is 4. The van der Waals surface area contributed by atoms with Gasteiger partial charge in [-0.15, -0.1) is 0 Å². The summed E-state index contributed by atoms with van der Waals surface area (Å²) in [6.45, 7) is 3.90. The van der Waals surface area contributed by atoms with E-state index in [4.69, 9.17) is 4.74 Å². The van der Waals surface area contributed by atoms with Gasteiger partial charge in [-0.2, -0.15) is 5.10 Å². The SMILES string of the molecule is COc1ccccc1CC(=O)N1CCC(Cn2nc(-c3ccccc3)c(C)cc2=O)CC1. The first-order chi connectivity index (χ1) is 15.5. The highest BCUT2D eigenvalue weighted by atomic mass is 16.5. The average Bonchev–Trinajstić information content (AvgIpc) is 2.82. The van der Waals surface area contributed by atoms with Crippen molar-refractivity contribution < 1.29 is 9.53 Å². The summed E-state index contributed by atoms with van der Waals surface area (Å²) >= 11 is 0. The van der Waals surface area contributed by atoms with E-state index in [2.05, 4.69) is 5.10 Å². The number of nitrogens with zero attached hydrogens (tertiary/aromatic N) is 3. The van der Waals surface area contributed by atoms with Gasteiger partial charge in [0.05, 0.1) is 19.2 Å². The molecule has 1 amide bonds. The molecule has 0 radical (unpaired) electrons. The fourth-order valence-corrected chi connectivity index (χ4v) is 4.32. The molecule has 0 atom stereocenters. The Labute approximate surface area is 188 Å². The molecule has 0 aliphatic carbocycles. The molecule has 1 saturated heterocycles. The minimum atomic E-state index is -0.0724. The van der Waals surface area contributed by atoms with Crippen molar-refractivity contribution in [1.29, 1.82) is 0 Å². The predicted octanol–water partition coefficient (Wildman–Crippen LogP) is 3.71. The van der Waals surface area contributed by atoms with Gasteiger partial charge in [-0.25, -0.2) is 4.68 Å². The highest BCUT2D eigenvalue weighted by Crippen LogP contribution is 2.23. The number of methoxy groups -OCH3 is 1. The third kappa shape index (κ3) is 4.90. The number of aromatic nitrogens is 2. The molecule has 0 N–H and O–H groups in total. The van der Waals surface area contributed by atoms with Gasteiger partial charge in [0, 0.05) is 36.8 Å². The predicted molar refractivity (Wildman–Crippen MR) is 125 cm³/mol. The molecule has 2 heterocycles. The van der Waals surface area contributed by atoms with Crippen molar-refractivity contribution in [2.75, 3.05) is 20.2 Å². The number of hydrogen-bond donors (Lipinski definition) is 0. The molecule has 0 spiro atoms. The first-order valence-corrected chi connectivity index (χ1v) is 11.1. The van der Waals surface area contributed by atoms with E-state index in [9.17, 15) is 9.59 Å². The third-order valence-electron chi connectivity index (χ3n) is 6.17. The molecule has 3 aromatic rings. The number of aryl methyl sites for hydroxylation is 1. The summed E-state index contributed by atoms with van der Waals surface area (Å²) in [7, 11) is 1.62. The second kappa shape index (κ2) is 9.81. The van der Waals surface area contributed by atoms with Crippen molar-refractivity contribution in [3.05, 3.63) is 82.1 Å². The van der Waals surface area contributed by atoms with Crippen LogP contribution in [0.3, 0.4) is 0 Å². The fourth-order valence-electron chi connectivity index (χ4n) is 4.32. The van der Waals surface area contributed by atoms with Crippen molar-refractivity contribution in [2.24, 2.45) is 5.92 Å². The van der Waals surface area contributed by atoms with Crippen LogP contribution in [0.5, 0.6) is 5.75 Å². The minimum absolute atomic E-state index is 0.0724. The van der Waals surface area contributed by atoms with Gasteiger partial charge in [-0.1, -0.05) is 48.5 Å². The second-order valence-electron chi connectivity index (χ2n) is 8.38. The quantitative estimate of drug-likeness (QED) is 0.597. The first kappa shape index (κ1) is 21.8. The van der Waals surface area contributed by atoms with Crippen LogP contribution in [-0.4, -0.2) is 40.8 Å². The standard InChI is InChI=1S/C26H29N3O3/c1-19-16-25(31)29(27-26(19)21-8-4-3-5-9-21)18-20-12-14-28(15-13-20)24(30)17-22-10-6-7-11-23(22)32-2/h3-11,16,20H,12-15,17-18H2,1-2H3. The Hall–Kier alpha value is -3.41. The fraction of sp³-hybridized carbons (Fsp3) is 0.346. The van der Waals surface area contributed by atoms with Crippen LogP contribution < -0.4 is 10.3 Å². The lowest BCUT2D eigenvalue weighted by molar-refractivity contribution is -0.131. The van der Waals surface area contributed by atoms with Crippen molar-refractivity contribution in [1.82, 2.24) is 14.7 Å². The van der Waals surface area contributed by atoms with Crippen molar-refractivity contribution in [2.45, 2.75) is 32.7 Å². The molecular formula is C26H29N3O3. The van der Waals surface area contributed by atoms with Crippen LogP contribution in [0.4, 0.5) is 0 Å². The molecule has 32 heavy (non-hydrogen) atoms. The maximum absolute atomic E-state index is 12.8. The number of rotatable bonds is 6. The summed E-state index contributed by atoms with van der Waals surface area (Å²) in [6, 6.07) is 19.3.